The van der Waals surface area contributed by atoms with Crippen LogP contribution in [0.25, 0.3) is 10.2 Å². The number of carbonyl (C=O) groups is 1. The van der Waals surface area contributed by atoms with Gasteiger partial charge in [0.2, 0.25) is 15.9 Å². The predicted octanol–water partition coefficient (Wildman–Crippen LogP) is 4.55. The minimum Gasteiger partial charge on any atom is -0.324 e. The van der Waals surface area contributed by atoms with Crippen LogP contribution in [0.5, 0.6) is 0 Å². The van der Waals surface area contributed by atoms with Crippen molar-refractivity contribution in [3.63, 3.8) is 0 Å². The van der Waals surface area contributed by atoms with Crippen LogP contribution in [0, 0.1) is 26.7 Å². The fraction of sp³-hybridized carbons (Fsp3) is 0.364. The van der Waals surface area contributed by atoms with Crippen LogP contribution in [-0.2, 0) is 14.8 Å². The zero-order valence-corrected chi connectivity index (χ0v) is 19.4. The highest BCUT2D eigenvalue weighted by atomic mass is 32.2. The quantitative estimate of drug-likeness (QED) is 0.558. The number of amides is 1. The van der Waals surface area contributed by atoms with Gasteiger partial charge < -0.3 is 5.32 Å². The second-order valence-electron chi connectivity index (χ2n) is 7.97. The van der Waals surface area contributed by atoms with Gasteiger partial charge in [-0.05, 0) is 62.9 Å². The second-order valence-corrected chi connectivity index (χ2v) is 10.9. The second kappa shape index (κ2) is 8.83. The minimum absolute atomic E-state index is 0.131. The molecule has 0 aliphatic carbocycles. The molecule has 0 saturated heterocycles. The van der Waals surface area contributed by atoms with E-state index in [-0.39, 0.29) is 16.7 Å². The third kappa shape index (κ3) is 5.24. The van der Waals surface area contributed by atoms with E-state index in [1.807, 2.05) is 52.8 Å². The molecule has 30 heavy (non-hydrogen) atoms. The number of hydrogen-bond acceptors (Lipinski definition) is 5. The molecule has 1 amide bonds. The molecule has 0 spiro atoms. The van der Waals surface area contributed by atoms with Crippen LogP contribution in [0.2, 0.25) is 0 Å². The van der Waals surface area contributed by atoms with E-state index in [2.05, 4.69) is 15.0 Å². The normalized spacial score (nSPS) is 13.0. The number of aryl methyl sites for hydroxylation is 3. The van der Waals surface area contributed by atoms with Crippen molar-refractivity contribution < 1.29 is 13.2 Å². The molecule has 0 aliphatic heterocycles. The number of benzene rings is 2. The van der Waals surface area contributed by atoms with Crippen LogP contribution in [-0.4, -0.2) is 25.4 Å². The molecule has 3 rings (SSSR count). The van der Waals surface area contributed by atoms with Gasteiger partial charge in [0.25, 0.3) is 0 Å². The molecule has 160 valence electrons. The molecule has 3 aromatic rings. The Kier molecular flexibility index (Phi) is 6.59. The summed E-state index contributed by atoms with van der Waals surface area (Å²) < 4.78 is 29.5. The summed E-state index contributed by atoms with van der Waals surface area (Å²) in [5, 5.41) is 3.75. The Labute approximate surface area is 181 Å². The standard InChI is InChI=1S/C22H27N3O3S2/c1-13(2)10-20(22(26)24-18-8-6-14(3)11-15(18)4)25-30(27,28)17-7-9-19-21(12-17)29-16(5)23-19/h6-9,11-13,20,25H,10H2,1-5H3,(H,24,26). The summed E-state index contributed by atoms with van der Waals surface area (Å²) in [6.07, 6.45) is 0.387. The summed E-state index contributed by atoms with van der Waals surface area (Å²) in [4.78, 5) is 17.5. The molecule has 0 saturated carbocycles. The van der Waals surface area contributed by atoms with Crippen molar-refractivity contribution in [2.75, 3.05) is 5.32 Å². The van der Waals surface area contributed by atoms with Crippen LogP contribution >= 0.6 is 11.3 Å². The molecule has 1 unspecified atom stereocenters. The van der Waals surface area contributed by atoms with E-state index in [0.717, 1.165) is 26.4 Å². The van der Waals surface area contributed by atoms with Gasteiger partial charge in [-0.1, -0.05) is 31.5 Å². The molecule has 8 heteroatoms. The van der Waals surface area contributed by atoms with Crippen LogP contribution in [0.4, 0.5) is 5.69 Å². The minimum atomic E-state index is -3.87. The summed E-state index contributed by atoms with van der Waals surface area (Å²) in [7, 11) is -3.87. The number of sulfonamides is 1. The molecule has 1 atom stereocenters. The van der Waals surface area contributed by atoms with Crippen molar-refractivity contribution in [1.82, 2.24) is 9.71 Å². The van der Waals surface area contributed by atoms with Gasteiger partial charge >= 0.3 is 0 Å². The van der Waals surface area contributed by atoms with Gasteiger partial charge in [0.1, 0.15) is 6.04 Å². The summed E-state index contributed by atoms with van der Waals surface area (Å²) in [5.74, 6) is -0.233. The van der Waals surface area contributed by atoms with Crippen molar-refractivity contribution in [2.24, 2.45) is 5.92 Å². The number of thiazole rings is 1. The number of anilines is 1. The van der Waals surface area contributed by atoms with E-state index in [1.54, 1.807) is 12.1 Å². The van der Waals surface area contributed by atoms with E-state index >= 15 is 0 Å². The predicted molar refractivity (Wildman–Crippen MR) is 122 cm³/mol. The van der Waals surface area contributed by atoms with Crippen molar-refractivity contribution in [3.05, 3.63) is 52.5 Å². The Morgan fingerprint density at radius 3 is 2.50 bits per heavy atom. The summed E-state index contributed by atoms with van der Waals surface area (Å²) in [5.41, 5.74) is 3.47. The first-order valence-electron chi connectivity index (χ1n) is 9.83. The summed E-state index contributed by atoms with van der Waals surface area (Å²) >= 11 is 1.44. The third-order valence-corrected chi connectivity index (χ3v) is 7.14. The molecular weight excluding hydrogens is 418 g/mol. The molecule has 2 N–H and O–H groups in total. The average molecular weight is 446 g/mol. The summed E-state index contributed by atoms with van der Waals surface area (Å²) in [6, 6.07) is 9.67. The Morgan fingerprint density at radius 2 is 1.83 bits per heavy atom. The molecule has 6 nitrogen and oxygen atoms in total. The molecule has 0 aliphatic rings. The molecule has 0 fully saturated rings. The van der Waals surface area contributed by atoms with E-state index in [4.69, 9.17) is 0 Å². The first-order chi connectivity index (χ1) is 14.0. The number of fused-ring (bicyclic) bond motifs is 1. The van der Waals surface area contributed by atoms with Crippen LogP contribution < -0.4 is 10.0 Å². The zero-order valence-electron chi connectivity index (χ0n) is 17.8. The number of nitrogens with zero attached hydrogens (tertiary/aromatic N) is 1. The van der Waals surface area contributed by atoms with Crippen LogP contribution in [0.3, 0.4) is 0 Å². The molecule has 2 aromatic carbocycles. The lowest BCUT2D eigenvalue weighted by atomic mass is 10.0. The summed E-state index contributed by atoms with van der Waals surface area (Å²) in [6.45, 7) is 9.69. The number of carbonyl (C=O) groups excluding carboxylic acids is 1. The molecule has 1 aromatic heterocycles. The van der Waals surface area contributed by atoms with Gasteiger partial charge in [-0.25, -0.2) is 13.4 Å². The highest BCUT2D eigenvalue weighted by Crippen LogP contribution is 2.25. The molecule has 0 bridgehead atoms. The number of rotatable bonds is 7. The largest absolute Gasteiger partial charge is 0.324 e. The van der Waals surface area contributed by atoms with Crippen LogP contribution in [0.1, 0.15) is 36.4 Å². The van der Waals surface area contributed by atoms with Crippen molar-refractivity contribution in [1.29, 1.82) is 0 Å². The Morgan fingerprint density at radius 1 is 1.10 bits per heavy atom. The van der Waals surface area contributed by atoms with Gasteiger partial charge in [0, 0.05) is 5.69 Å². The van der Waals surface area contributed by atoms with E-state index in [0.29, 0.717) is 12.1 Å². The maximum atomic E-state index is 13.0. The third-order valence-electron chi connectivity index (χ3n) is 4.74. The first-order valence-corrected chi connectivity index (χ1v) is 12.1. The number of aromatic nitrogens is 1. The average Bonchev–Trinajstić information content (AvgIpc) is 3.02. The van der Waals surface area contributed by atoms with E-state index < -0.39 is 16.1 Å². The SMILES string of the molecule is Cc1ccc(NC(=O)C(CC(C)C)NS(=O)(=O)c2ccc3nc(C)sc3c2)c(C)c1. The molecule has 0 radical (unpaired) electrons. The van der Waals surface area contributed by atoms with Gasteiger partial charge in [-0.3, -0.25) is 4.79 Å². The smallest absolute Gasteiger partial charge is 0.242 e. The van der Waals surface area contributed by atoms with Gasteiger partial charge in [-0.2, -0.15) is 4.72 Å². The monoisotopic (exact) mass is 445 g/mol. The zero-order chi connectivity index (χ0) is 22.1. The Balaban J connectivity index is 1.85. The highest BCUT2D eigenvalue weighted by molar-refractivity contribution is 7.89. The highest BCUT2D eigenvalue weighted by Gasteiger charge is 2.27. The number of nitrogens with one attached hydrogen (secondary N) is 2. The van der Waals surface area contributed by atoms with Gasteiger partial charge in [-0.15, -0.1) is 11.3 Å². The molecular formula is C22H27N3O3S2. The first kappa shape index (κ1) is 22.4. The van der Waals surface area contributed by atoms with Gasteiger partial charge in [0.15, 0.2) is 0 Å². The van der Waals surface area contributed by atoms with Crippen molar-refractivity contribution in [3.8, 4) is 0 Å². The maximum Gasteiger partial charge on any atom is 0.242 e. The molecule has 1 heterocycles. The lowest BCUT2D eigenvalue weighted by Gasteiger charge is -2.21. The number of hydrogen-bond donors (Lipinski definition) is 2. The van der Waals surface area contributed by atoms with Gasteiger partial charge in [0.05, 0.1) is 20.1 Å². The lowest BCUT2D eigenvalue weighted by Crippen LogP contribution is -2.44. The lowest BCUT2D eigenvalue weighted by molar-refractivity contribution is -0.118. The fourth-order valence-corrected chi connectivity index (χ4v) is 5.47. The van der Waals surface area contributed by atoms with E-state index in [9.17, 15) is 13.2 Å². The maximum absolute atomic E-state index is 13.0. The van der Waals surface area contributed by atoms with Crippen molar-refractivity contribution in [2.45, 2.75) is 52.0 Å². The Hall–Kier alpha value is -2.29. The van der Waals surface area contributed by atoms with Crippen LogP contribution in [0.15, 0.2) is 41.3 Å². The van der Waals surface area contributed by atoms with E-state index in [1.165, 1.54) is 17.4 Å². The Bertz CT molecular complexity index is 1180. The fourth-order valence-electron chi connectivity index (χ4n) is 3.30. The topological polar surface area (TPSA) is 88.2 Å². The van der Waals surface area contributed by atoms with Crippen molar-refractivity contribution >= 4 is 43.2 Å².